The van der Waals surface area contributed by atoms with Gasteiger partial charge < -0.3 is 9.64 Å². The first kappa shape index (κ1) is 16.5. The first-order valence-corrected chi connectivity index (χ1v) is 9.12. The summed E-state index contributed by atoms with van der Waals surface area (Å²) < 4.78 is 31.8. The molecule has 0 atom stereocenters. The lowest BCUT2D eigenvalue weighted by atomic mass is 9.57. The Hall–Kier alpha value is -0.820. The molecule has 6 nitrogen and oxygen atoms in total. The van der Waals surface area contributed by atoms with E-state index >= 15 is 0 Å². The van der Waals surface area contributed by atoms with Crippen LogP contribution in [0, 0.1) is 11.3 Å². The summed E-state index contributed by atoms with van der Waals surface area (Å²) >= 11 is 0. The fourth-order valence-electron chi connectivity index (χ4n) is 3.21. The summed E-state index contributed by atoms with van der Waals surface area (Å²) in [5.74, 6) is 0.507. The maximum Gasteiger partial charge on any atom is 0.410 e. The van der Waals surface area contributed by atoms with E-state index in [0.29, 0.717) is 5.92 Å². The Labute approximate surface area is 126 Å². The van der Waals surface area contributed by atoms with E-state index in [4.69, 9.17) is 8.92 Å². The van der Waals surface area contributed by atoms with Crippen molar-refractivity contribution in [1.82, 2.24) is 4.90 Å². The van der Waals surface area contributed by atoms with Crippen LogP contribution in [0.2, 0.25) is 0 Å². The Morgan fingerprint density at radius 1 is 1.29 bits per heavy atom. The number of hydrogen-bond donors (Lipinski definition) is 0. The smallest absolute Gasteiger partial charge is 0.410 e. The fourth-order valence-corrected chi connectivity index (χ4v) is 3.61. The van der Waals surface area contributed by atoms with Crippen LogP contribution in [0.25, 0.3) is 0 Å². The first-order valence-electron chi connectivity index (χ1n) is 7.30. The minimum Gasteiger partial charge on any atom is -0.444 e. The van der Waals surface area contributed by atoms with Gasteiger partial charge in [0.1, 0.15) is 5.60 Å². The van der Waals surface area contributed by atoms with Gasteiger partial charge in [-0.1, -0.05) is 0 Å². The number of carbonyl (C=O) groups excluding carboxylic acids is 1. The summed E-state index contributed by atoms with van der Waals surface area (Å²) in [6.45, 7) is 7.36. The number of hydrogen-bond acceptors (Lipinski definition) is 5. The molecule has 7 heteroatoms. The van der Waals surface area contributed by atoms with Crippen molar-refractivity contribution in [1.29, 1.82) is 0 Å². The summed E-state index contributed by atoms with van der Waals surface area (Å²) in [7, 11) is -3.33. The molecule has 0 aromatic heterocycles. The topological polar surface area (TPSA) is 72.9 Å². The molecule has 0 radical (unpaired) electrons. The molecule has 1 spiro atoms. The molecule has 1 saturated carbocycles. The van der Waals surface area contributed by atoms with E-state index in [-0.39, 0.29) is 18.1 Å². The standard InChI is InChI=1S/C14H25NO5S/c1-13(2,3)20-12(16)15-9-14(10-15)7-11(8-14)5-6-19-21(4,17)18/h11H,5-10H2,1-4H3. The summed E-state index contributed by atoms with van der Waals surface area (Å²) in [6, 6.07) is 0. The van der Waals surface area contributed by atoms with Gasteiger partial charge in [0.15, 0.2) is 0 Å². The van der Waals surface area contributed by atoms with Crippen LogP contribution in [0.3, 0.4) is 0 Å². The van der Waals surface area contributed by atoms with Gasteiger partial charge in [0.25, 0.3) is 10.1 Å². The molecule has 1 aliphatic carbocycles. The predicted octanol–water partition coefficient (Wildman–Crippen LogP) is 2.00. The largest absolute Gasteiger partial charge is 0.444 e. The number of carbonyl (C=O) groups is 1. The zero-order valence-corrected chi connectivity index (χ0v) is 14.0. The fraction of sp³-hybridized carbons (Fsp3) is 0.929. The highest BCUT2D eigenvalue weighted by molar-refractivity contribution is 7.85. The molecule has 2 fully saturated rings. The monoisotopic (exact) mass is 319 g/mol. The maximum atomic E-state index is 11.8. The Bertz CT molecular complexity index is 494. The Morgan fingerprint density at radius 3 is 2.33 bits per heavy atom. The second kappa shape index (κ2) is 5.43. The number of rotatable bonds is 4. The molecule has 1 aliphatic heterocycles. The van der Waals surface area contributed by atoms with E-state index < -0.39 is 15.7 Å². The van der Waals surface area contributed by atoms with Crippen LogP contribution in [0.1, 0.15) is 40.0 Å². The van der Waals surface area contributed by atoms with E-state index in [1.54, 1.807) is 4.90 Å². The number of likely N-dealkylation sites (tertiary alicyclic amines) is 1. The van der Waals surface area contributed by atoms with E-state index in [2.05, 4.69) is 0 Å². The summed E-state index contributed by atoms with van der Waals surface area (Å²) in [5, 5.41) is 0. The third-order valence-corrected chi connectivity index (χ3v) is 4.57. The van der Waals surface area contributed by atoms with Crippen LogP contribution in [0.4, 0.5) is 4.79 Å². The van der Waals surface area contributed by atoms with Crippen molar-refractivity contribution < 1.29 is 22.1 Å². The lowest BCUT2D eigenvalue weighted by Crippen LogP contribution is -2.64. The quantitative estimate of drug-likeness (QED) is 0.741. The van der Waals surface area contributed by atoms with Gasteiger partial charge in [0.05, 0.1) is 12.9 Å². The van der Waals surface area contributed by atoms with E-state index in [1.165, 1.54) is 0 Å². The molecule has 1 saturated heterocycles. The minimum absolute atomic E-state index is 0.239. The Balaban J connectivity index is 1.64. The maximum absolute atomic E-state index is 11.8. The van der Waals surface area contributed by atoms with E-state index in [1.807, 2.05) is 20.8 Å². The molecular formula is C14H25NO5S. The summed E-state index contributed by atoms with van der Waals surface area (Å²) in [4.78, 5) is 13.6. The van der Waals surface area contributed by atoms with Gasteiger partial charge in [-0.2, -0.15) is 8.42 Å². The molecule has 0 aromatic rings. The van der Waals surface area contributed by atoms with Crippen LogP contribution >= 0.6 is 0 Å². The molecule has 0 unspecified atom stereocenters. The van der Waals surface area contributed by atoms with Crippen molar-refractivity contribution in [3.63, 3.8) is 0 Å². The van der Waals surface area contributed by atoms with Gasteiger partial charge in [-0.3, -0.25) is 4.18 Å². The van der Waals surface area contributed by atoms with Crippen molar-refractivity contribution in [3.05, 3.63) is 0 Å². The second-order valence-corrected chi connectivity index (χ2v) is 9.07. The van der Waals surface area contributed by atoms with Gasteiger partial charge in [-0.05, 0) is 46.0 Å². The van der Waals surface area contributed by atoms with Crippen molar-refractivity contribution >= 4 is 16.2 Å². The van der Waals surface area contributed by atoms with E-state index in [0.717, 1.165) is 38.6 Å². The highest BCUT2D eigenvalue weighted by atomic mass is 32.2. The summed E-state index contributed by atoms with van der Waals surface area (Å²) in [5.41, 5.74) is -0.211. The second-order valence-electron chi connectivity index (χ2n) is 7.43. The zero-order chi connectivity index (χ0) is 15.9. The van der Waals surface area contributed by atoms with Crippen molar-refractivity contribution in [2.75, 3.05) is 26.0 Å². The molecule has 2 aliphatic rings. The van der Waals surface area contributed by atoms with Crippen molar-refractivity contribution in [3.8, 4) is 0 Å². The minimum atomic E-state index is -3.33. The van der Waals surface area contributed by atoms with Crippen LogP contribution < -0.4 is 0 Å². The molecule has 0 aromatic carbocycles. The average molecular weight is 319 g/mol. The lowest BCUT2D eigenvalue weighted by Gasteiger charge is -2.58. The number of amides is 1. The highest BCUT2D eigenvalue weighted by Crippen LogP contribution is 2.53. The summed E-state index contributed by atoms with van der Waals surface area (Å²) in [6.07, 6.45) is 3.68. The van der Waals surface area contributed by atoms with Crippen LogP contribution in [0.15, 0.2) is 0 Å². The van der Waals surface area contributed by atoms with Gasteiger partial charge in [0.2, 0.25) is 0 Å². The molecule has 1 heterocycles. The molecule has 21 heavy (non-hydrogen) atoms. The van der Waals surface area contributed by atoms with Crippen LogP contribution in [0.5, 0.6) is 0 Å². The van der Waals surface area contributed by atoms with Crippen LogP contribution in [-0.2, 0) is 19.0 Å². The molecular weight excluding hydrogens is 294 g/mol. The number of nitrogens with zero attached hydrogens (tertiary/aromatic N) is 1. The predicted molar refractivity (Wildman–Crippen MR) is 78.4 cm³/mol. The van der Waals surface area contributed by atoms with Gasteiger partial charge in [-0.25, -0.2) is 4.79 Å². The Morgan fingerprint density at radius 2 is 1.86 bits per heavy atom. The van der Waals surface area contributed by atoms with Gasteiger partial charge >= 0.3 is 6.09 Å². The van der Waals surface area contributed by atoms with Crippen molar-refractivity contribution in [2.45, 2.75) is 45.6 Å². The Kier molecular flexibility index (Phi) is 4.28. The van der Waals surface area contributed by atoms with E-state index in [9.17, 15) is 13.2 Å². The van der Waals surface area contributed by atoms with Crippen molar-refractivity contribution in [2.24, 2.45) is 11.3 Å². The highest BCUT2D eigenvalue weighted by Gasteiger charge is 2.53. The average Bonchev–Trinajstić information content (AvgIpc) is 2.13. The van der Waals surface area contributed by atoms with Gasteiger partial charge in [0, 0.05) is 18.5 Å². The normalized spacial score (nSPS) is 21.8. The molecule has 1 amide bonds. The molecule has 122 valence electrons. The third-order valence-electron chi connectivity index (χ3n) is 3.97. The first-order chi connectivity index (χ1) is 9.48. The molecule has 0 bridgehead atoms. The number of ether oxygens (including phenoxy) is 1. The molecule has 2 rings (SSSR count). The lowest BCUT2D eigenvalue weighted by molar-refractivity contribution is -0.0980. The van der Waals surface area contributed by atoms with Crippen LogP contribution in [-0.4, -0.2) is 51.0 Å². The third kappa shape index (κ3) is 4.57. The zero-order valence-electron chi connectivity index (χ0n) is 13.2. The SMILES string of the molecule is CC(C)(C)OC(=O)N1CC2(CC(CCOS(C)(=O)=O)C2)C1. The van der Waals surface area contributed by atoms with Gasteiger partial charge in [-0.15, -0.1) is 0 Å². The molecule has 0 N–H and O–H groups in total.